The number of nitrogens with one attached hydrogen (secondary N) is 1. The summed E-state index contributed by atoms with van der Waals surface area (Å²) in [5.41, 5.74) is 0. The third-order valence-electron chi connectivity index (χ3n) is 2.82. The molecule has 0 amide bonds. The minimum atomic E-state index is 0.222. The first kappa shape index (κ1) is 12.0. The van der Waals surface area contributed by atoms with Gasteiger partial charge in [-0.3, -0.25) is 0 Å². The minimum Gasteiger partial charge on any atom is -0.379 e. The second-order valence-electron chi connectivity index (χ2n) is 4.12. The van der Waals surface area contributed by atoms with Gasteiger partial charge in [0.15, 0.2) is 0 Å². The summed E-state index contributed by atoms with van der Waals surface area (Å²) in [5, 5.41) is 3.42. The number of rotatable bonds is 6. The summed E-state index contributed by atoms with van der Waals surface area (Å²) in [6.45, 7) is 5.99. The van der Waals surface area contributed by atoms with E-state index in [2.05, 4.69) is 5.32 Å². The van der Waals surface area contributed by atoms with E-state index in [1.165, 1.54) is 32.4 Å². The molecular weight excluding hydrogens is 178 g/mol. The molecule has 2 unspecified atom stereocenters. The van der Waals surface area contributed by atoms with Crippen molar-refractivity contribution in [1.29, 1.82) is 0 Å². The molecular formula is C11H23NO2. The maximum atomic E-state index is 5.54. The first-order valence-corrected chi connectivity index (χ1v) is 5.64. The van der Waals surface area contributed by atoms with E-state index in [0.717, 1.165) is 19.1 Å². The predicted molar refractivity (Wildman–Crippen MR) is 57.5 cm³/mol. The average Bonchev–Trinajstić information content (AvgIpc) is 2.25. The van der Waals surface area contributed by atoms with Crippen LogP contribution in [0, 0.1) is 5.92 Å². The zero-order valence-corrected chi connectivity index (χ0v) is 9.42. The molecule has 1 rings (SSSR count). The molecule has 1 aliphatic rings. The molecule has 0 radical (unpaired) electrons. The molecule has 84 valence electrons. The van der Waals surface area contributed by atoms with Crippen molar-refractivity contribution < 1.29 is 9.47 Å². The lowest BCUT2D eigenvalue weighted by Crippen LogP contribution is -2.30. The maximum absolute atomic E-state index is 5.54. The van der Waals surface area contributed by atoms with E-state index in [9.17, 15) is 0 Å². The Kier molecular flexibility index (Phi) is 6.15. The van der Waals surface area contributed by atoms with E-state index in [0.29, 0.717) is 0 Å². The summed E-state index contributed by atoms with van der Waals surface area (Å²) in [7, 11) is 1.72. The van der Waals surface area contributed by atoms with Gasteiger partial charge in [-0.15, -0.1) is 0 Å². The summed E-state index contributed by atoms with van der Waals surface area (Å²) in [6.07, 6.45) is 4.08. The molecule has 0 aliphatic carbocycles. The van der Waals surface area contributed by atoms with Crippen LogP contribution in [0.25, 0.3) is 0 Å². The van der Waals surface area contributed by atoms with E-state index in [1.807, 2.05) is 6.92 Å². The molecule has 3 heteroatoms. The second kappa shape index (κ2) is 7.21. The highest BCUT2D eigenvalue weighted by atomic mass is 16.5. The fourth-order valence-electron chi connectivity index (χ4n) is 1.74. The molecule has 0 spiro atoms. The van der Waals surface area contributed by atoms with Crippen LogP contribution in [-0.2, 0) is 9.47 Å². The van der Waals surface area contributed by atoms with Crippen molar-refractivity contribution in [3.05, 3.63) is 0 Å². The van der Waals surface area contributed by atoms with Crippen LogP contribution < -0.4 is 5.32 Å². The number of hydrogen-bond donors (Lipinski definition) is 1. The minimum absolute atomic E-state index is 0.222. The van der Waals surface area contributed by atoms with Crippen molar-refractivity contribution in [2.45, 2.75) is 32.3 Å². The SMILES string of the molecule is COC(C)COCCC1CCCNC1. The Morgan fingerprint density at radius 1 is 1.50 bits per heavy atom. The van der Waals surface area contributed by atoms with Gasteiger partial charge in [0.25, 0.3) is 0 Å². The summed E-state index contributed by atoms with van der Waals surface area (Å²) < 4.78 is 10.6. The Balaban J connectivity index is 1.92. The van der Waals surface area contributed by atoms with Crippen LogP contribution in [0.4, 0.5) is 0 Å². The lowest BCUT2D eigenvalue weighted by molar-refractivity contribution is 0.0137. The topological polar surface area (TPSA) is 30.5 Å². The van der Waals surface area contributed by atoms with Crippen LogP contribution in [0.5, 0.6) is 0 Å². The van der Waals surface area contributed by atoms with Crippen LogP contribution in [0.1, 0.15) is 26.2 Å². The highest BCUT2D eigenvalue weighted by molar-refractivity contribution is 4.68. The molecule has 1 saturated heterocycles. The average molecular weight is 201 g/mol. The van der Waals surface area contributed by atoms with Crippen molar-refractivity contribution in [2.75, 3.05) is 33.4 Å². The Labute approximate surface area is 87.2 Å². The fourth-order valence-corrected chi connectivity index (χ4v) is 1.74. The number of piperidine rings is 1. The van der Waals surface area contributed by atoms with Crippen LogP contribution in [0.2, 0.25) is 0 Å². The fraction of sp³-hybridized carbons (Fsp3) is 1.00. The van der Waals surface area contributed by atoms with Gasteiger partial charge in [0.05, 0.1) is 12.7 Å². The first-order valence-electron chi connectivity index (χ1n) is 5.64. The highest BCUT2D eigenvalue weighted by Crippen LogP contribution is 2.13. The summed E-state index contributed by atoms with van der Waals surface area (Å²) in [4.78, 5) is 0. The Bertz CT molecular complexity index is 135. The van der Waals surface area contributed by atoms with Crippen LogP contribution in [-0.4, -0.2) is 39.5 Å². The smallest absolute Gasteiger partial charge is 0.0776 e. The quantitative estimate of drug-likeness (QED) is 0.659. The number of ether oxygens (including phenoxy) is 2. The van der Waals surface area contributed by atoms with Gasteiger partial charge in [0.2, 0.25) is 0 Å². The summed E-state index contributed by atoms with van der Waals surface area (Å²) in [6, 6.07) is 0. The van der Waals surface area contributed by atoms with Crippen molar-refractivity contribution in [2.24, 2.45) is 5.92 Å². The van der Waals surface area contributed by atoms with Gasteiger partial charge in [-0.25, -0.2) is 0 Å². The Hall–Kier alpha value is -0.120. The molecule has 0 aromatic heterocycles. The molecule has 0 saturated carbocycles. The second-order valence-corrected chi connectivity index (χ2v) is 4.12. The monoisotopic (exact) mass is 201 g/mol. The van der Waals surface area contributed by atoms with E-state index in [-0.39, 0.29) is 6.10 Å². The van der Waals surface area contributed by atoms with Crippen molar-refractivity contribution in [3.8, 4) is 0 Å². The van der Waals surface area contributed by atoms with Gasteiger partial charge in [-0.1, -0.05) is 0 Å². The van der Waals surface area contributed by atoms with Gasteiger partial charge in [-0.2, -0.15) is 0 Å². The molecule has 1 aliphatic heterocycles. The number of hydrogen-bond acceptors (Lipinski definition) is 3. The number of methoxy groups -OCH3 is 1. The van der Waals surface area contributed by atoms with Crippen molar-refractivity contribution >= 4 is 0 Å². The van der Waals surface area contributed by atoms with Gasteiger partial charge in [0.1, 0.15) is 0 Å². The van der Waals surface area contributed by atoms with Gasteiger partial charge >= 0.3 is 0 Å². The molecule has 0 bridgehead atoms. The summed E-state index contributed by atoms with van der Waals surface area (Å²) >= 11 is 0. The van der Waals surface area contributed by atoms with E-state index >= 15 is 0 Å². The summed E-state index contributed by atoms with van der Waals surface area (Å²) in [5.74, 6) is 0.821. The Morgan fingerprint density at radius 3 is 3.00 bits per heavy atom. The Morgan fingerprint density at radius 2 is 2.36 bits per heavy atom. The van der Waals surface area contributed by atoms with Gasteiger partial charge < -0.3 is 14.8 Å². The normalized spacial score (nSPS) is 24.9. The van der Waals surface area contributed by atoms with Crippen molar-refractivity contribution in [3.63, 3.8) is 0 Å². The molecule has 2 atom stereocenters. The van der Waals surface area contributed by atoms with Crippen LogP contribution in [0.15, 0.2) is 0 Å². The third kappa shape index (κ3) is 4.94. The maximum Gasteiger partial charge on any atom is 0.0776 e. The predicted octanol–water partition coefficient (Wildman–Crippen LogP) is 1.43. The molecule has 14 heavy (non-hydrogen) atoms. The standard InChI is InChI=1S/C11H23NO2/c1-10(13-2)9-14-7-5-11-4-3-6-12-8-11/h10-12H,3-9H2,1-2H3. The molecule has 1 fully saturated rings. The van der Waals surface area contributed by atoms with Crippen LogP contribution >= 0.6 is 0 Å². The van der Waals surface area contributed by atoms with E-state index in [4.69, 9.17) is 9.47 Å². The van der Waals surface area contributed by atoms with E-state index in [1.54, 1.807) is 7.11 Å². The molecule has 0 aromatic rings. The third-order valence-corrected chi connectivity index (χ3v) is 2.82. The lowest BCUT2D eigenvalue weighted by Gasteiger charge is -2.22. The zero-order valence-electron chi connectivity index (χ0n) is 9.42. The van der Waals surface area contributed by atoms with E-state index < -0.39 is 0 Å². The first-order chi connectivity index (χ1) is 6.83. The highest BCUT2D eigenvalue weighted by Gasteiger charge is 2.12. The molecule has 1 heterocycles. The molecule has 1 N–H and O–H groups in total. The van der Waals surface area contributed by atoms with Gasteiger partial charge in [-0.05, 0) is 45.2 Å². The molecule has 0 aromatic carbocycles. The zero-order chi connectivity index (χ0) is 10.2. The van der Waals surface area contributed by atoms with Crippen LogP contribution in [0.3, 0.4) is 0 Å². The lowest BCUT2D eigenvalue weighted by atomic mass is 9.97. The van der Waals surface area contributed by atoms with Crippen molar-refractivity contribution in [1.82, 2.24) is 5.32 Å². The van der Waals surface area contributed by atoms with Gasteiger partial charge in [0, 0.05) is 13.7 Å². The molecule has 3 nitrogen and oxygen atoms in total. The largest absolute Gasteiger partial charge is 0.379 e.